The van der Waals surface area contributed by atoms with Crippen LogP contribution in [0.3, 0.4) is 0 Å². The number of aromatic hydroxyl groups is 1. The summed E-state index contributed by atoms with van der Waals surface area (Å²) in [5.41, 5.74) is 18.2. The Bertz CT molecular complexity index is 1530. The predicted octanol–water partition coefficient (Wildman–Crippen LogP) is -0.596. The molecule has 1 aromatic carbocycles. The molecule has 0 bridgehead atoms. The number of aliphatic carboxylic acids is 1. The summed E-state index contributed by atoms with van der Waals surface area (Å²) in [5.74, 6) is -4.57. The molecule has 1 aromatic heterocycles. The van der Waals surface area contributed by atoms with Gasteiger partial charge in [0.25, 0.3) is 0 Å². The number of nitrogens with one attached hydrogen (secondary N) is 6. The van der Waals surface area contributed by atoms with E-state index in [0.717, 1.165) is 0 Å². The van der Waals surface area contributed by atoms with Gasteiger partial charge in [0.05, 0.1) is 12.4 Å². The minimum absolute atomic E-state index is 0.00284. The van der Waals surface area contributed by atoms with E-state index in [-0.39, 0.29) is 31.4 Å². The minimum Gasteiger partial charge on any atom is -0.508 e. The van der Waals surface area contributed by atoms with E-state index in [1.54, 1.807) is 26.0 Å². The van der Waals surface area contributed by atoms with Gasteiger partial charge in [0.15, 0.2) is 0 Å². The van der Waals surface area contributed by atoms with Crippen LogP contribution in [0.4, 0.5) is 0 Å². The summed E-state index contributed by atoms with van der Waals surface area (Å²) < 4.78 is 0. The number of benzene rings is 1. The molecule has 312 valence electrons. The van der Waals surface area contributed by atoms with Gasteiger partial charge in [0.2, 0.25) is 29.5 Å². The van der Waals surface area contributed by atoms with E-state index in [9.17, 15) is 39.0 Å². The first-order chi connectivity index (χ1) is 26.7. The van der Waals surface area contributed by atoms with Crippen molar-refractivity contribution in [2.24, 2.45) is 23.1 Å². The summed E-state index contributed by atoms with van der Waals surface area (Å²) in [6, 6.07) is -0.796. The van der Waals surface area contributed by atoms with Crippen molar-refractivity contribution in [3.63, 3.8) is 0 Å². The Morgan fingerprint density at radius 1 is 0.732 bits per heavy atom. The number of phenolic OH excluding ortho intramolecular Hbond substituents is 1. The molecule has 56 heavy (non-hydrogen) atoms. The second-order valence-electron chi connectivity index (χ2n) is 13.9. The highest BCUT2D eigenvalue weighted by atomic mass is 32.2. The number of H-pyrrole nitrogens is 1. The van der Waals surface area contributed by atoms with Gasteiger partial charge in [-0.25, -0.2) is 9.78 Å². The Kier molecular flexibility index (Phi) is 21.5. The first-order valence-electron chi connectivity index (χ1n) is 18.8. The monoisotopic (exact) mass is 804 g/mol. The Hall–Kier alpha value is -4.72. The number of phenols is 1. The van der Waals surface area contributed by atoms with Gasteiger partial charge < -0.3 is 59.0 Å². The maximum atomic E-state index is 14.1. The molecule has 0 saturated heterocycles. The third-order valence-corrected chi connectivity index (χ3v) is 9.62. The number of aromatic nitrogens is 2. The van der Waals surface area contributed by atoms with E-state index in [1.165, 1.54) is 36.4 Å². The second kappa shape index (κ2) is 25.4. The number of unbranched alkanes of at least 4 members (excludes halogenated alkanes) is 2. The van der Waals surface area contributed by atoms with Crippen molar-refractivity contribution in [3.05, 3.63) is 48.0 Å². The van der Waals surface area contributed by atoms with Crippen molar-refractivity contribution in [3.8, 4) is 5.75 Å². The molecule has 0 aliphatic heterocycles. The molecule has 0 unspecified atom stereocenters. The summed E-state index contributed by atoms with van der Waals surface area (Å²) in [5, 5.41) is 33.0. The van der Waals surface area contributed by atoms with E-state index in [2.05, 4.69) is 36.6 Å². The van der Waals surface area contributed by atoms with Crippen LogP contribution < -0.4 is 43.8 Å². The number of imidazole rings is 1. The Labute approximate surface area is 332 Å². The SMILES string of the molecule is CSCC[C@H](NC(=O)[C@H](Cc1ccc(O)cc1)NC(=O)[C@@H](NC(=O)[C@@H](N)CCCCN)C(C)C)C(=O)N[C@@H](Cc1cnc[nH]1)C(=O)N[C@@H](CCCCN)C(=O)O. The van der Waals surface area contributed by atoms with Crippen LogP contribution in [0.15, 0.2) is 36.8 Å². The van der Waals surface area contributed by atoms with E-state index < -0.39 is 77.7 Å². The molecule has 18 nitrogen and oxygen atoms in total. The normalized spacial score (nSPS) is 14.4. The van der Waals surface area contributed by atoms with Gasteiger partial charge >= 0.3 is 5.97 Å². The van der Waals surface area contributed by atoms with Crippen molar-refractivity contribution in [1.29, 1.82) is 0 Å². The highest BCUT2D eigenvalue weighted by Crippen LogP contribution is 2.14. The summed E-state index contributed by atoms with van der Waals surface area (Å²) in [6.07, 6.45) is 7.58. The van der Waals surface area contributed by atoms with Crippen LogP contribution in [0.5, 0.6) is 5.75 Å². The molecule has 19 heteroatoms. The first kappa shape index (κ1) is 47.4. The van der Waals surface area contributed by atoms with Gasteiger partial charge in [-0.2, -0.15) is 11.8 Å². The maximum Gasteiger partial charge on any atom is 0.326 e. The van der Waals surface area contributed by atoms with E-state index in [4.69, 9.17) is 17.2 Å². The number of carboxylic acid groups (broad SMARTS) is 1. The average Bonchev–Trinajstić information content (AvgIpc) is 3.68. The summed E-state index contributed by atoms with van der Waals surface area (Å²) in [6.45, 7) is 4.29. The number of hydrogen-bond donors (Lipinski definition) is 11. The van der Waals surface area contributed by atoms with Crippen LogP contribution in [0, 0.1) is 5.92 Å². The highest BCUT2D eigenvalue weighted by molar-refractivity contribution is 7.98. The molecule has 1 heterocycles. The third-order valence-electron chi connectivity index (χ3n) is 8.98. The summed E-state index contributed by atoms with van der Waals surface area (Å²) in [4.78, 5) is 87.0. The van der Waals surface area contributed by atoms with Crippen molar-refractivity contribution in [2.45, 2.75) is 108 Å². The van der Waals surface area contributed by atoms with E-state index >= 15 is 0 Å². The zero-order chi connectivity index (χ0) is 41.6. The lowest BCUT2D eigenvalue weighted by molar-refractivity contribution is -0.142. The lowest BCUT2D eigenvalue weighted by Crippen LogP contribution is -2.60. The van der Waals surface area contributed by atoms with Crippen LogP contribution in [0.25, 0.3) is 0 Å². The standard InChI is InChI=1S/C37H60N10O8S/c1-22(2)31(47-32(49)26(40)8-4-6-15-38)36(53)46-29(18-23-10-12-25(48)13-11-23)34(51)43-27(14-17-56-3)33(50)45-30(19-24-20-41-21-42-24)35(52)44-28(37(54)55)9-5-7-16-39/h10-13,20-22,26-31,48H,4-9,14-19,38-40H2,1-3H3,(H,41,42)(H,43,51)(H,44,52)(H,45,50)(H,46,53)(H,47,49)(H,54,55)/t26-,27-,28-,29-,30-,31-/m0/s1. The Balaban J connectivity index is 2.36. The fraction of sp³-hybridized carbons (Fsp3) is 0.595. The van der Waals surface area contributed by atoms with Gasteiger partial charge in [0, 0.05) is 24.7 Å². The fourth-order valence-electron chi connectivity index (χ4n) is 5.67. The number of carbonyl (C=O) groups is 6. The first-order valence-corrected chi connectivity index (χ1v) is 20.2. The van der Waals surface area contributed by atoms with Gasteiger partial charge in [-0.15, -0.1) is 0 Å². The molecule has 2 aromatic rings. The Morgan fingerprint density at radius 2 is 1.29 bits per heavy atom. The largest absolute Gasteiger partial charge is 0.508 e. The predicted molar refractivity (Wildman–Crippen MR) is 213 cm³/mol. The molecule has 14 N–H and O–H groups in total. The number of rotatable bonds is 27. The molecule has 0 fully saturated rings. The number of nitrogens with two attached hydrogens (primary N) is 3. The van der Waals surface area contributed by atoms with Crippen molar-refractivity contribution < 1.29 is 39.0 Å². The van der Waals surface area contributed by atoms with Gasteiger partial charge in [-0.1, -0.05) is 32.4 Å². The zero-order valence-electron chi connectivity index (χ0n) is 32.4. The van der Waals surface area contributed by atoms with E-state index in [0.29, 0.717) is 62.2 Å². The zero-order valence-corrected chi connectivity index (χ0v) is 33.2. The fourth-order valence-corrected chi connectivity index (χ4v) is 6.14. The number of carbonyl (C=O) groups excluding carboxylic acids is 5. The van der Waals surface area contributed by atoms with Crippen LogP contribution in [0.1, 0.15) is 70.1 Å². The van der Waals surface area contributed by atoms with Gasteiger partial charge in [-0.05, 0) is 87.2 Å². The molecule has 0 spiro atoms. The third kappa shape index (κ3) is 17.0. The van der Waals surface area contributed by atoms with Crippen molar-refractivity contribution >= 4 is 47.3 Å². The van der Waals surface area contributed by atoms with Gasteiger partial charge in [0.1, 0.15) is 36.0 Å². The van der Waals surface area contributed by atoms with E-state index in [1.807, 2.05) is 6.26 Å². The lowest BCUT2D eigenvalue weighted by Gasteiger charge is -2.28. The van der Waals surface area contributed by atoms with Gasteiger partial charge in [-0.3, -0.25) is 24.0 Å². The smallest absolute Gasteiger partial charge is 0.326 e. The Morgan fingerprint density at radius 3 is 1.84 bits per heavy atom. The number of nitrogens with zero attached hydrogens (tertiary/aromatic N) is 1. The summed E-state index contributed by atoms with van der Waals surface area (Å²) >= 11 is 1.42. The molecule has 0 saturated carbocycles. The molecular formula is C37H60N10O8S. The lowest BCUT2D eigenvalue weighted by atomic mass is 9.99. The minimum atomic E-state index is -1.25. The molecular weight excluding hydrogens is 745 g/mol. The quantitative estimate of drug-likeness (QED) is 0.0504. The maximum absolute atomic E-state index is 14.1. The van der Waals surface area contributed by atoms with Crippen molar-refractivity contribution in [2.75, 3.05) is 25.1 Å². The second-order valence-corrected chi connectivity index (χ2v) is 14.9. The average molecular weight is 805 g/mol. The summed E-state index contributed by atoms with van der Waals surface area (Å²) in [7, 11) is 0. The number of thioether (sulfide) groups is 1. The topological polar surface area (TPSA) is 310 Å². The van der Waals surface area contributed by atoms with Crippen LogP contribution >= 0.6 is 11.8 Å². The number of hydrogen-bond acceptors (Lipinski definition) is 12. The van der Waals surface area contributed by atoms with Crippen LogP contribution in [0.2, 0.25) is 0 Å². The number of amides is 5. The number of carboxylic acids is 1. The molecule has 0 aliphatic rings. The molecule has 6 atom stereocenters. The van der Waals surface area contributed by atoms with Crippen LogP contribution in [-0.2, 0) is 41.6 Å². The van der Waals surface area contributed by atoms with Crippen molar-refractivity contribution in [1.82, 2.24) is 36.6 Å². The molecule has 0 aliphatic carbocycles. The molecule has 5 amide bonds. The molecule has 0 radical (unpaired) electrons. The number of aromatic amines is 1. The highest BCUT2D eigenvalue weighted by Gasteiger charge is 2.34. The molecule has 2 rings (SSSR count). The van der Waals surface area contributed by atoms with Crippen LogP contribution in [-0.4, -0.2) is 117 Å².